The third-order valence-electron chi connectivity index (χ3n) is 6.53. The maximum Gasteiger partial charge on any atom is 0.319 e. The largest absolute Gasteiger partial charge is 0.333 e. The van der Waals surface area contributed by atoms with Crippen LogP contribution in [0.2, 0.25) is 0 Å². The molecule has 2 aliphatic heterocycles. The van der Waals surface area contributed by atoms with Crippen LogP contribution in [0, 0.1) is 6.92 Å². The minimum atomic E-state index is -0.154. The molecule has 0 bridgehead atoms. The number of hydrogen-bond donors (Lipinski definition) is 3. The van der Waals surface area contributed by atoms with Crippen molar-refractivity contribution in [1.82, 2.24) is 15.1 Å². The molecule has 5 nitrogen and oxygen atoms in total. The molecule has 3 N–H and O–H groups in total. The summed E-state index contributed by atoms with van der Waals surface area (Å²) in [6.45, 7) is 8.62. The van der Waals surface area contributed by atoms with Gasteiger partial charge >= 0.3 is 6.03 Å². The van der Waals surface area contributed by atoms with Gasteiger partial charge in [0.1, 0.15) is 11.7 Å². The van der Waals surface area contributed by atoms with Gasteiger partial charge in [-0.05, 0) is 37.4 Å². The minimum Gasteiger partial charge on any atom is -0.333 e. The molecule has 2 amide bonds. The van der Waals surface area contributed by atoms with Crippen molar-refractivity contribution in [1.29, 1.82) is 0 Å². The summed E-state index contributed by atoms with van der Waals surface area (Å²) in [4.78, 5) is 13.4. The van der Waals surface area contributed by atoms with Gasteiger partial charge in [-0.2, -0.15) is 0 Å². The predicted octanol–water partition coefficient (Wildman–Crippen LogP) is 4.23. The predicted molar refractivity (Wildman–Crippen MR) is 118 cm³/mol. The Morgan fingerprint density at radius 1 is 1.32 bits per heavy atom. The number of amides is 2. The zero-order valence-corrected chi connectivity index (χ0v) is 17.6. The molecule has 0 aliphatic carbocycles. The third kappa shape index (κ3) is 3.69. The van der Waals surface area contributed by atoms with Crippen molar-refractivity contribution in [3.8, 4) is 0 Å². The van der Waals surface area contributed by atoms with E-state index in [0.717, 1.165) is 28.1 Å². The standard InChI is InChI=1S/C22H30N4OS/c1-16-13-18(25-22(27)24-15-20-6-4-12-28-20)7-8-21(16)26(11-3-5-17(26)2)19-9-10-23-14-19/h4,6-8,12-13,17,19,23H,3,5,9-11,14-15H2,1-2H3,(H-,24,25,27)/p+1. The molecule has 0 spiro atoms. The van der Waals surface area contributed by atoms with Crippen LogP contribution in [-0.4, -0.2) is 37.7 Å². The van der Waals surface area contributed by atoms with E-state index in [1.165, 1.54) is 37.1 Å². The lowest BCUT2D eigenvalue weighted by molar-refractivity contribution is 0.202. The number of urea groups is 1. The van der Waals surface area contributed by atoms with E-state index < -0.39 is 0 Å². The Kier molecular flexibility index (Phi) is 5.71. The molecule has 150 valence electrons. The normalized spacial score (nSPS) is 27.1. The summed E-state index contributed by atoms with van der Waals surface area (Å²) in [6.07, 6.45) is 3.83. The van der Waals surface area contributed by atoms with Crippen LogP contribution in [-0.2, 0) is 6.54 Å². The van der Waals surface area contributed by atoms with Gasteiger partial charge < -0.3 is 16.0 Å². The second-order valence-corrected chi connectivity index (χ2v) is 9.21. The Labute approximate surface area is 171 Å². The number of quaternary nitrogens is 1. The number of rotatable bonds is 5. The number of nitrogens with one attached hydrogen (secondary N) is 3. The minimum absolute atomic E-state index is 0.154. The second kappa shape index (κ2) is 8.23. The average molecular weight is 400 g/mol. The molecule has 3 heterocycles. The number of hydrogen-bond acceptors (Lipinski definition) is 3. The van der Waals surface area contributed by atoms with Gasteiger partial charge in [-0.15, -0.1) is 11.3 Å². The summed E-state index contributed by atoms with van der Waals surface area (Å²) in [6, 6.07) is 11.6. The van der Waals surface area contributed by atoms with Gasteiger partial charge in [-0.1, -0.05) is 6.07 Å². The molecule has 2 saturated heterocycles. The molecule has 1 aromatic heterocycles. The SMILES string of the molecule is Cc1cc(NC(=O)NCc2cccs2)ccc1[N+]1(C2CCNC2)CCCC1C. The second-order valence-electron chi connectivity index (χ2n) is 8.18. The topological polar surface area (TPSA) is 53.2 Å². The van der Waals surface area contributed by atoms with Crippen molar-refractivity contribution in [2.45, 2.75) is 51.7 Å². The van der Waals surface area contributed by atoms with Crippen LogP contribution in [0.4, 0.5) is 16.2 Å². The highest BCUT2D eigenvalue weighted by Gasteiger charge is 2.48. The molecule has 0 saturated carbocycles. The van der Waals surface area contributed by atoms with Crippen LogP contribution >= 0.6 is 11.3 Å². The van der Waals surface area contributed by atoms with Gasteiger partial charge in [0.05, 0.1) is 19.1 Å². The van der Waals surface area contributed by atoms with Crippen molar-refractivity contribution in [2.24, 2.45) is 0 Å². The van der Waals surface area contributed by atoms with Crippen LogP contribution in [0.5, 0.6) is 0 Å². The summed E-state index contributed by atoms with van der Waals surface area (Å²) >= 11 is 1.65. The molecular weight excluding hydrogens is 368 g/mol. The number of likely N-dealkylation sites (tertiary alicyclic amines) is 1. The van der Waals surface area contributed by atoms with E-state index >= 15 is 0 Å². The van der Waals surface area contributed by atoms with Gasteiger partial charge in [0.15, 0.2) is 0 Å². The lowest BCUT2D eigenvalue weighted by atomic mass is 10.0. The van der Waals surface area contributed by atoms with E-state index in [9.17, 15) is 4.79 Å². The highest BCUT2D eigenvalue weighted by molar-refractivity contribution is 7.09. The number of carbonyl (C=O) groups excluding carboxylic acids is 1. The van der Waals surface area contributed by atoms with Crippen molar-refractivity contribution >= 4 is 28.7 Å². The summed E-state index contributed by atoms with van der Waals surface area (Å²) in [5.74, 6) is 0. The molecule has 4 rings (SSSR count). The fourth-order valence-electron chi connectivity index (χ4n) is 5.18. The van der Waals surface area contributed by atoms with E-state index in [2.05, 4.69) is 48.0 Å². The first kappa shape index (κ1) is 19.4. The number of benzene rings is 1. The Bertz CT molecular complexity index is 816. The molecule has 2 aliphatic rings. The maximum atomic E-state index is 12.3. The lowest BCUT2D eigenvalue weighted by Crippen LogP contribution is -2.60. The van der Waals surface area contributed by atoms with E-state index in [4.69, 9.17) is 0 Å². The third-order valence-corrected chi connectivity index (χ3v) is 7.41. The molecule has 2 fully saturated rings. The van der Waals surface area contributed by atoms with Crippen LogP contribution in [0.25, 0.3) is 0 Å². The molecule has 2 aromatic rings. The van der Waals surface area contributed by atoms with Crippen molar-refractivity contribution in [3.63, 3.8) is 0 Å². The van der Waals surface area contributed by atoms with Gasteiger partial charge in [-0.3, -0.25) is 4.48 Å². The summed E-state index contributed by atoms with van der Waals surface area (Å²) in [5, 5.41) is 11.5. The van der Waals surface area contributed by atoms with E-state index in [-0.39, 0.29) is 6.03 Å². The first-order valence-corrected chi connectivity index (χ1v) is 11.2. The van der Waals surface area contributed by atoms with Gasteiger partial charge in [0, 0.05) is 54.5 Å². The quantitative estimate of drug-likeness (QED) is 0.659. The Balaban J connectivity index is 1.49. The van der Waals surface area contributed by atoms with Gasteiger partial charge in [0.2, 0.25) is 0 Å². The fourth-order valence-corrected chi connectivity index (χ4v) is 5.83. The van der Waals surface area contributed by atoms with Crippen molar-refractivity contribution in [2.75, 3.05) is 25.0 Å². The Morgan fingerprint density at radius 3 is 2.86 bits per heavy atom. The highest BCUT2D eigenvalue weighted by Crippen LogP contribution is 2.41. The Morgan fingerprint density at radius 2 is 2.21 bits per heavy atom. The monoisotopic (exact) mass is 399 g/mol. The average Bonchev–Trinajstić information content (AvgIpc) is 3.43. The van der Waals surface area contributed by atoms with Crippen LogP contribution in [0.1, 0.15) is 36.6 Å². The van der Waals surface area contributed by atoms with Crippen LogP contribution < -0.4 is 20.4 Å². The molecule has 28 heavy (non-hydrogen) atoms. The number of carbonyl (C=O) groups is 1. The van der Waals surface area contributed by atoms with Crippen LogP contribution in [0.15, 0.2) is 35.7 Å². The maximum absolute atomic E-state index is 12.3. The first-order chi connectivity index (χ1) is 13.6. The van der Waals surface area contributed by atoms with Gasteiger partial charge in [0.25, 0.3) is 0 Å². The molecule has 1 aromatic carbocycles. The van der Waals surface area contributed by atoms with Crippen LogP contribution in [0.3, 0.4) is 0 Å². The zero-order chi connectivity index (χ0) is 19.6. The smallest absolute Gasteiger partial charge is 0.319 e. The summed E-state index contributed by atoms with van der Waals surface area (Å²) in [7, 11) is 0. The van der Waals surface area contributed by atoms with Crippen molar-refractivity contribution < 1.29 is 4.79 Å². The number of thiophene rings is 1. The van der Waals surface area contributed by atoms with E-state index in [1.54, 1.807) is 11.3 Å². The highest BCUT2D eigenvalue weighted by atomic mass is 32.1. The van der Waals surface area contributed by atoms with E-state index in [1.807, 2.05) is 17.5 Å². The number of anilines is 1. The molecule has 6 heteroatoms. The Hall–Kier alpha value is -1.89. The molecular formula is C22H31N4OS+. The van der Waals surface area contributed by atoms with E-state index in [0.29, 0.717) is 18.6 Å². The van der Waals surface area contributed by atoms with Gasteiger partial charge in [-0.25, -0.2) is 4.79 Å². The molecule has 0 radical (unpaired) electrons. The fraction of sp³-hybridized carbons (Fsp3) is 0.500. The molecule has 3 atom stereocenters. The summed E-state index contributed by atoms with van der Waals surface area (Å²) < 4.78 is 1.10. The first-order valence-electron chi connectivity index (χ1n) is 10.4. The molecule has 3 unspecified atom stereocenters. The summed E-state index contributed by atoms with van der Waals surface area (Å²) in [5.41, 5.74) is 3.57. The number of nitrogens with zero attached hydrogens (tertiary/aromatic N) is 1. The van der Waals surface area contributed by atoms with Crippen molar-refractivity contribution in [3.05, 3.63) is 46.2 Å². The zero-order valence-electron chi connectivity index (χ0n) is 16.8. The number of aryl methyl sites for hydroxylation is 1. The lowest BCUT2D eigenvalue weighted by Gasteiger charge is -2.44.